The molecular formula is C17H15ClN2O2S. The number of thioether (sulfide) groups is 1. The van der Waals surface area contributed by atoms with Gasteiger partial charge in [-0.05, 0) is 37.3 Å². The number of aromatic nitrogens is 1. The van der Waals surface area contributed by atoms with Crippen molar-refractivity contribution >= 4 is 46.1 Å². The topological polar surface area (TPSA) is 55.1 Å². The monoisotopic (exact) mass is 346 g/mol. The Bertz CT molecular complexity index is 830. The first-order chi connectivity index (χ1) is 11.1. The van der Waals surface area contributed by atoms with E-state index in [9.17, 15) is 4.79 Å². The fraction of sp³-hybridized carbons (Fsp3) is 0.176. The van der Waals surface area contributed by atoms with E-state index in [0.717, 1.165) is 16.8 Å². The van der Waals surface area contributed by atoms with E-state index in [4.69, 9.17) is 16.0 Å². The van der Waals surface area contributed by atoms with Crippen LogP contribution in [0, 0.1) is 6.92 Å². The molecule has 0 saturated heterocycles. The summed E-state index contributed by atoms with van der Waals surface area (Å²) in [6.07, 6.45) is 0.387. The van der Waals surface area contributed by atoms with Gasteiger partial charge in [-0.3, -0.25) is 4.79 Å². The summed E-state index contributed by atoms with van der Waals surface area (Å²) in [5, 5.41) is 4.04. The first kappa shape index (κ1) is 15.9. The number of amides is 1. The van der Waals surface area contributed by atoms with Crippen LogP contribution in [0.4, 0.5) is 5.69 Å². The molecule has 0 atom stereocenters. The summed E-state index contributed by atoms with van der Waals surface area (Å²) in [7, 11) is 0. The zero-order chi connectivity index (χ0) is 16.2. The molecule has 0 aliphatic carbocycles. The normalized spacial score (nSPS) is 10.9. The third-order valence-electron chi connectivity index (χ3n) is 3.22. The number of nitrogens with one attached hydrogen (secondary N) is 1. The molecule has 2 aromatic carbocycles. The molecule has 1 amide bonds. The number of aryl methyl sites for hydroxylation is 1. The molecular weight excluding hydrogens is 332 g/mol. The van der Waals surface area contributed by atoms with Crippen molar-refractivity contribution in [2.24, 2.45) is 0 Å². The second kappa shape index (κ2) is 7.06. The summed E-state index contributed by atoms with van der Waals surface area (Å²) in [4.78, 5) is 16.3. The van der Waals surface area contributed by atoms with Crippen molar-refractivity contribution in [2.75, 3.05) is 11.1 Å². The lowest BCUT2D eigenvalue weighted by Crippen LogP contribution is -2.12. The molecule has 0 spiro atoms. The number of hydrogen-bond acceptors (Lipinski definition) is 4. The highest BCUT2D eigenvalue weighted by Gasteiger charge is 2.08. The predicted molar refractivity (Wildman–Crippen MR) is 94.2 cm³/mol. The maximum Gasteiger partial charge on any atom is 0.256 e. The number of rotatable bonds is 5. The van der Waals surface area contributed by atoms with Gasteiger partial charge in [0.1, 0.15) is 5.52 Å². The molecule has 1 N–H and O–H groups in total. The van der Waals surface area contributed by atoms with Gasteiger partial charge in [-0.2, -0.15) is 0 Å². The van der Waals surface area contributed by atoms with Gasteiger partial charge in [-0.25, -0.2) is 4.98 Å². The molecule has 0 radical (unpaired) electrons. The minimum atomic E-state index is -0.0273. The van der Waals surface area contributed by atoms with E-state index in [1.54, 1.807) is 18.2 Å². The number of benzene rings is 2. The number of halogens is 1. The summed E-state index contributed by atoms with van der Waals surface area (Å²) in [6, 6.07) is 13.0. The van der Waals surface area contributed by atoms with Crippen LogP contribution in [0.3, 0.4) is 0 Å². The molecule has 1 heterocycles. The first-order valence-corrected chi connectivity index (χ1v) is 8.52. The van der Waals surface area contributed by atoms with Crippen LogP contribution >= 0.6 is 23.4 Å². The Morgan fingerprint density at radius 2 is 2.04 bits per heavy atom. The van der Waals surface area contributed by atoms with Gasteiger partial charge in [0, 0.05) is 22.9 Å². The van der Waals surface area contributed by atoms with Gasteiger partial charge in [0.25, 0.3) is 5.22 Å². The van der Waals surface area contributed by atoms with Crippen LogP contribution in [-0.4, -0.2) is 16.6 Å². The fourth-order valence-corrected chi connectivity index (χ4v) is 2.97. The van der Waals surface area contributed by atoms with Gasteiger partial charge in [-0.15, -0.1) is 0 Å². The standard InChI is InChI=1S/C17H15ClN2O2S/c1-11-2-5-13(6-3-11)19-16(21)8-9-23-17-20-14-10-12(18)4-7-15(14)22-17/h2-7,10H,8-9H2,1H3,(H,19,21). The number of anilines is 1. The van der Waals surface area contributed by atoms with E-state index in [-0.39, 0.29) is 5.91 Å². The molecule has 0 unspecified atom stereocenters. The Hall–Kier alpha value is -1.98. The van der Waals surface area contributed by atoms with Gasteiger partial charge >= 0.3 is 0 Å². The van der Waals surface area contributed by atoms with E-state index in [1.807, 2.05) is 31.2 Å². The SMILES string of the molecule is Cc1ccc(NC(=O)CCSc2nc3cc(Cl)ccc3o2)cc1. The van der Waals surface area contributed by atoms with E-state index >= 15 is 0 Å². The van der Waals surface area contributed by atoms with Crippen molar-refractivity contribution in [2.45, 2.75) is 18.6 Å². The summed E-state index contributed by atoms with van der Waals surface area (Å²) >= 11 is 7.33. The van der Waals surface area contributed by atoms with Gasteiger partial charge < -0.3 is 9.73 Å². The third kappa shape index (κ3) is 4.27. The van der Waals surface area contributed by atoms with Crippen molar-refractivity contribution in [1.29, 1.82) is 0 Å². The molecule has 3 aromatic rings. The number of oxazole rings is 1. The molecule has 1 aromatic heterocycles. The van der Waals surface area contributed by atoms with Gasteiger partial charge in [0.15, 0.2) is 5.58 Å². The van der Waals surface area contributed by atoms with Crippen LogP contribution in [0.25, 0.3) is 11.1 Å². The van der Waals surface area contributed by atoms with Crippen LogP contribution in [0.2, 0.25) is 5.02 Å². The lowest BCUT2D eigenvalue weighted by molar-refractivity contribution is -0.115. The molecule has 23 heavy (non-hydrogen) atoms. The van der Waals surface area contributed by atoms with Crippen molar-refractivity contribution in [3.05, 3.63) is 53.1 Å². The Labute approximate surface area is 143 Å². The van der Waals surface area contributed by atoms with Gasteiger partial charge in [0.2, 0.25) is 5.91 Å². The van der Waals surface area contributed by atoms with E-state index in [2.05, 4.69) is 10.3 Å². The van der Waals surface area contributed by atoms with Crippen molar-refractivity contribution in [1.82, 2.24) is 4.98 Å². The number of hydrogen-bond donors (Lipinski definition) is 1. The van der Waals surface area contributed by atoms with Crippen LogP contribution < -0.4 is 5.32 Å². The minimum Gasteiger partial charge on any atom is -0.431 e. The summed E-state index contributed by atoms with van der Waals surface area (Å²) in [5.41, 5.74) is 3.39. The van der Waals surface area contributed by atoms with E-state index in [1.165, 1.54) is 11.8 Å². The number of carbonyl (C=O) groups is 1. The summed E-state index contributed by atoms with van der Waals surface area (Å²) in [5.74, 6) is 0.568. The third-order valence-corrected chi connectivity index (χ3v) is 4.28. The van der Waals surface area contributed by atoms with Crippen LogP contribution in [0.1, 0.15) is 12.0 Å². The maximum absolute atomic E-state index is 11.9. The van der Waals surface area contributed by atoms with Crippen molar-refractivity contribution < 1.29 is 9.21 Å². The molecule has 3 rings (SSSR count). The Morgan fingerprint density at radius 3 is 2.83 bits per heavy atom. The molecule has 0 saturated carbocycles. The molecule has 118 valence electrons. The maximum atomic E-state index is 11.9. The Kier molecular flexibility index (Phi) is 4.88. The van der Waals surface area contributed by atoms with Crippen molar-refractivity contribution in [3.63, 3.8) is 0 Å². The zero-order valence-electron chi connectivity index (χ0n) is 12.5. The number of fused-ring (bicyclic) bond motifs is 1. The highest BCUT2D eigenvalue weighted by Crippen LogP contribution is 2.26. The lowest BCUT2D eigenvalue weighted by Gasteiger charge is -2.04. The summed E-state index contributed by atoms with van der Waals surface area (Å²) < 4.78 is 5.60. The second-order valence-electron chi connectivity index (χ2n) is 5.10. The smallest absolute Gasteiger partial charge is 0.256 e. The molecule has 6 heteroatoms. The zero-order valence-corrected chi connectivity index (χ0v) is 14.1. The predicted octanol–water partition coefficient (Wildman–Crippen LogP) is 4.91. The van der Waals surface area contributed by atoms with E-state index < -0.39 is 0 Å². The first-order valence-electron chi connectivity index (χ1n) is 7.15. The van der Waals surface area contributed by atoms with Crippen LogP contribution in [0.15, 0.2) is 52.1 Å². The van der Waals surface area contributed by atoms with Crippen molar-refractivity contribution in [3.8, 4) is 0 Å². The molecule has 0 fully saturated rings. The van der Waals surface area contributed by atoms with Crippen LogP contribution in [-0.2, 0) is 4.79 Å². The van der Waals surface area contributed by atoms with Gasteiger partial charge in [-0.1, -0.05) is 41.1 Å². The average molecular weight is 347 g/mol. The van der Waals surface area contributed by atoms with Crippen LogP contribution in [0.5, 0.6) is 0 Å². The average Bonchev–Trinajstić information content (AvgIpc) is 2.91. The quantitative estimate of drug-likeness (QED) is 0.667. The highest BCUT2D eigenvalue weighted by molar-refractivity contribution is 7.99. The molecule has 0 aliphatic rings. The molecule has 4 nitrogen and oxygen atoms in total. The number of nitrogens with zero attached hydrogens (tertiary/aromatic N) is 1. The van der Waals surface area contributed by atoms with Gasteiger partial charge in [0.05, 0.1) is 0 Å². The Morgan fingerprint density at radius 1 is 1.26 bits per heavy atom. The highest BCUT2D eigenvalue weighted by atomic mass is 35.5. The largest absolute Gasteiger partial charge is 0.431 e. The molecule has 0 bridgehead atoms. The molecule has 0 aliphatic heterocycles. The number of carbonyl (C=O) groups excluding carboxylic acids is 1. The van der Waals surface area contributed by atoms with E-state index in [0.29, 0.717) is 28.0 Å². The lowest BCUT2D eigenvalue weighted by atomic mass is 10.2. The fourth-order valence-electron chi connectivity index (χ4n) is 2.03. The summed E-state index contributed by atoms with van der Waals surface area (Å²) in [6.45, 7) is 2.01. The minimum absolute atomic E-state index is 0.0273. The Balaban J connectivity index is 1.51. The second-order valence-corrected chi connectivity index (χ2v) is 6.59.